The van der Waals surface area contributed by atoms with Gasteiger partial charge in [0.1, 0.15) is 0 Å². The van der Waals surface area contributed by atoms with Crippen molar-refractivity contribution in [1.29, 1.82) is 0 Å². The summed E-state index contributed by atoms with van der Waals surface area (Å²) in [5.74, 6) is -0.410. The van der Waals surface area contributed by atoms with E-state index in [1.807, 2.05) is 0 Å². The second kappa shape index (κ2) is 9.63. The number of nitrogens with zero attached hydrogens (tertiary/aromatic N) is 1. The van der Waals surface area contributed by atoms with Crippen LogP contribution in [0, 0.1) is 0 Å². The van der Waals surface area contributed by atoms with Crippen molar-refractivity contribution in [2.75, 3.05) is 45.7 Å². The fourth-order valence-electron chi connectivity index (χ4n) is 1.67. The van der Waals surface area contributed by atoms with Gasteiger partial charge in [-0.25, -0.2) is 0 Å². The van der Waals surface area contributed by atoms with Gasteiger partial charge in [-0.3, -0.25) is 14.5 Å². The second-order valence-corrected chi connectivity index (χ2v) is 5.51. The number of benzene rings is 1. The van der Waals surface area contributed by atoms with Crippen LogP contribution in [-0.4, -0.2) is 57.1 Å². The van der Waals surface area contributed by atoms with Gasteiger partial charge in [0.05, 0.1) is 29.7 Å². The van der Waals surface area contributed by atoms with E-state index in [9.17, 15) is 9.59 Å². The summed E-state index contributed by atoms with van der Waals surface area (Å²) in [6, 6.07) is 4.83. The molecule has 2 amide bonds. The number of amides is 2. The number of rotatable bonds is 8. The molecule has 0 radical (unpaired) electrons. The molecular formula is C14H19Cl2N3O3. The van der Waals surface area contributed by atoms with Crippen molar-refractivity contribution in [3.63, 3.8) is 0 Å². The normalized spacial score (nSPS) is 10.6. The molecule has 8 heteroatoms. The second-order valence-electron chi connectivity index (χ2n) is 4.69. The number of methoxy groups -OCH3 is 1. The van der Waals surface area contributed by atoms with Gasteiger partial charge in [-0.2, -0.15) is 0 Å². The molecule has 0 spiro atoms. The van der Waals surface area contributed by atoms with Gasteiger partial charge in [-0.05, 0) is 25.2 Å². The van der Waals surface area contributed by atoms with Crippen LogP contribution in [0.1, 0.15) is 0 Å². The number of nitrogens with one attached hydrogen (secondary N) is 2. The number of ether oxygens (including phenoxy) is 1. The van der Waals surface area contributed by atoms with Crippen LogP contribution in [0.3, 0.4) is 0 Å². The number of carbonyl (C=O) groups excluding carboxylic acids is 2. The van der Waals surface area contributed by atoms with E-state index < -0.39 is 0 Å². The number of hydrogen-bond donors (Lipinski definition) is 2. The predicted octanol–water partition coefficient (Wildman–Crippen LogP) is 1.63. The van der Waals surface area contributed by atoms with Gasteiger partial charge in [0.25, 0.3) is 0 Å². The molecule has 0 atom stereocenters. The fourth-order valence-corrected chi connectivity index (χ4v) is 1.97. The Balaban J connectivity index is 2.37. The molecule has 0 aromatic heterocycles. The van der Waals surface area contributed by atoms with E-state index in [0.29, 0.717) is 28.9 Å². The molecule has 122 valence electrons. The van der Waals surface area contributed by atoms with Crippen molar-refractivity contribution >= 4 is 40.7 Å². The SMILES string of the molecule is COCCNC(=O)CN(C)CC(=O)Nc1ccc(Cl)c(Cl)c1. The first kappa shape index (κ1) is 18.7. The number of likely N-dealkylation sites (N-methyl/N-ethyl adjacent to an activating group) is 1. The van der Waals surface area contributed by atoms with Crippen LogP contribution in [-0.2, 0) is 14.3 Å². The average Bonchev–Trinajstić information content (AvgIpc) is 2.42. The van der Waals surface area contributed by atoms with Gasteiger partial charge >= 0.3 is 0 Å². The summed E-state index contributed by atoms with van der Waals surface area (Å²) in [7, 11) is 3.25. The lowest BCUT2D eigenvalue weighted by atomic mass is 10.3. The van der Waals surface area contributed by atoms with Crippen LogP contribution >= 0.6 is 23.2 Å². The first-order chi connectivity index (χ1) is 10.4. The third-order valence-electron chi connectivity index (χ3n) is 2.66. The third-order valence-corrected chi connectivity index (χ3v) is 3.40. The van der Waals surface area contributed by atoms with Gasteiger partial charge in [-0.15, -0.1) is 0 Å². The molecule has 0 aliphatic carbocycles. The van der Waals surface area contributed by atoms with Crippen LogP contribution in [0.5, 0.6) is 0 Å². The van der Waals surface area contributed by atoms with Crippen LogP contribution in [0.25, 0.3) is 0 Å². The van der Waals surface area contributed by atoms with E-state index in [2.05, 4.69) is 10.6 Å². The van der Waals surface area contributed by atoms with Crippen LogP contribution in [0.2, 0.25) is 10.0 Å². The molecule has 0 heterocycles. The molecule has 1 aromatic carbocycles. The molecule has 0 saturated carbocycles. The molecule has 0 unspecified atom stereocenters. The van der Waals surface area contributed by atoms with E-state index in [1.165, 1.54) is 0 Å². The van der Waals surface area contributed by atoms with Crippen LogP contribution in [0.4, 0.5) is 5.69 Å². The highest BCUT2D eigenvalue weighted by Crippen LogP contribution is 2.24. The predicted molar refractivity (Wildman–Crippen MR) is 87.5 cm³/mol. The molecule has 6 nitrogen and oxygen atoms in total. The average molecular weight is 348 g/mol. The van der Waals surface area contributed by atoms with E-state index in [-0.39, 0.29) is 24.9 Å². The molecule has 0 saturated heterocycles. The van der Waals surface area contributed by atoms with Crippen molar-refractivity contribution in [1.82, 2.24) is 10.2 Å². The standard InChI is InChI=1S/C14H19Cl2N3O3/c1-19(8-13(20)17-5-6-22-2)9-14(21)18-10-3-4-11(15)12(16)7-10/h3-4,7H,5-6,8-9H2,1-2H3,(H,17,20)(H,18,21). The van der Waals surface area contributed by atoms with Gasteiger partial charge in [0.15, 0.2) is 0 Å². The maximum absolute atomic E-state index is 11.9. The van der Waals surface area contributed by atoms with Crippen molar-refractivity contribution in [2.24, 2.45) is 0 Å². The highest BCUT2D eigenvalue weighted by Gasteiger charge is 2.11. The Morgan fingerprint density at radius 3 is 2.50 bits per heavy atom. The smallest absolute Gasteiger partial charge is 0.238 e. The van der Waals surface area contributed by atoms with Crippen molar-refractivity contribution in [3.05, 3.63) is 28.2 Å². The number of anilines is 1. The van der Waals surface area contributed by atoms with E-state index >= 15 is 0 Å². The zero-order valence-electron chi connectivity index (χ0n) is 12.5. The van der Waals surface area contributed by atoms with Gasteiger partial charge < -0.3 is 15.4 Å². The van der Waals surface area contributed by atoms with Crippen LogP contribution < -0.4 is 10.6 Å². The van der Waals surface area contributed by atoms with Crippen LogP contribution in [0.15, 0.2) is 18.2 Å². The van der Waals surface area contributed by atoms with E-state index in [4.69, 9.17) is 27.9 Å². The summed E-state index contributed by atoms with van der Waals surface area (Å²) in [4.78, 5) is 25.1. The molecule has 0 aliphatic rings. The largest absolute Gasteiger partial charge is 0.383 e. The third kappa shape index (κ3) is 7.09. The Kier molecular flexibility index (Phi) is 8.19. The van der Waals surface area contributed by atoms with E-state index in [1.54, 1.807) is 37.3 Å². The summed E-state index contributed by atoms with van der Waals surface area (Å²) in [6.07, 6.45) is 0. The Labute approximate surface area is 139 Å². The van der Waals surface area contributed by atoms with E-state index in [0.717, 1.165) is 0 Å². The minimum atomic E-state index is -0.245. The summed E-state index contributed by atoms with van der Waals surface area (Å²) in [5, 5.41) is 6.16. The molecule has 1 rings (SSSR count). The Bertz CT molecular complexity index is 526. The van der Waals surface area contributed by atoms with Gasteiger partial charge in [-0.1, -0.05) is 23.2 Å². The number of halogens is 2. The highest BCUT2D eigenvalue weighted by atomic mass is 35.5. The van der Waals surface area contributed by atoms with Crippen molar-refractivity contribution in [3.8, 4) is 0 Å². The molecular weight excluding hydrogens is 329 g/mol. The maximum atomic E-state index is 11.9. The number of carbonyl (C=O) groups is 2. The Morgan fingerprint density at radius 1 is 1.18 bits per heavy atom. The first-order valence-corrected chi connectivity index (χ1v) is 7.37. The fraction of sp³-hybridized carbons (Fsp3) is 0.429. The molecule has 0 fully saturated rings. The lowest BCUT2D eigenvalue weighted by Gasteiger charge is -2.16. The topological polar surface area (TPSA) is 70.7 Å². The van der Waals surface area contributed by atoms with Crippen molar-refractivity contribution in [2.45, 2.75) is 0 Å². The minimum Gasteiger partial charge on any atom is -0.383 e. The zero-order chi connectivity index (χ0) is 16.5. The minimum absolute atomic E-state index is 0.0813. The Morgan fingerprint density at radius 2 is 1.86 bits per heavy atom. The van der Waals surface area contributed by atoms with Crippen molar-refractivity contribution < 1.29 is 14.3 Å². The zero-order valence-corrected chi connectivity index (χ0v) is 14.0. The highest BCUT2D eigenvalue weighted by molar-refractivity contribution is 6.42. The summed E-state index contributed by atoms with van der Waals surface area (Å²) >= 11 is 11.7. The lowest BCUT2D eigenvalue weighted by molar-refractivity contribution is -0.123. The molecule has 0 aliphatic heterocycles. The molecule has 22 heavy (non-hydrogen) atoms. The summed E-state index contributed by atoms with van der Waals surface area (Å²) in [5.41, 5.74) is 0.553. The summed E-state index contributed by atoms with van der Waals surface area (Å²) in [6.45, 7) is 1.10. The number of hydrogen-bond acceptors (Lipinski definition) is 4. The van der Waals surface area contributed by atoms with Gasteiger partial charge in [0, 0.05) is 19.3 Å². The monoisotopic (exact) mass is 347 g/mol. The van der Waals surface area contributed by atoms with Gasteiger partial charge in [0.2, 0.25) is 11.8 Å². The Hall–Kier alpha value is -1.34. The maximum Gasteiger partial charge on any atom is 0.238 e. The lowest BCUT2D eigenvalue weighted by Crippen LogP contribution is -2.39. The first-order valence-electron chi connectivity index (χ1n) is 6.61. The molecule has 2 N–H and O–H groups in total. The molecule has 0 bridgehead atoms. The molecule has 1 aromatic rings. The quantitative estimate of drug-likeness (QED) is 0.701. The summed E-state index contributed by atoms with van der Waals surface area (Å²) < 4.78 is 4.83.